The lowest BCUT2D eigenvalue weighted by molar-refractivity contribution is 0.0937. The van der Waals surface area contributed by atoms with E-state index in [0.717, 1.165) is 5.56 Å². The quantitative estimate of drug-likeness (QED) is 0.456. The molecule has 13 heteroatoms. The average molecular weight is 552 g/mol. The van der Waals surface area contributed by atoms with Gasteiger partial charge in [-0.2, -0.15) is 9.29 Å². The highest BCUT2D eigenvalue weighted by molar-refractivity contribution is 7.89. The minimum Gasteiger partial charge on any atom is -0.443 e. The summed E-state index contributed by atoms with van der Waals surface area (Å²) in [6.45, 7) is 4.17. The van der Waals surface area contributed by atoms with Gasteiger partial charge in [-0.1, -0.05) is 34.4 Å². The number of cyclic esters (lactones) is 1. The van der Waals surface area contributed by atoms with E-state index in [2.05, 4.69) is 15.0 Å². The summed E-state index contributed by atoms with van der Waals surface area (Å²) in [4.78, 5) is 20.3. The van der Waals surface area contributed by atoms with Gasteiger partial charge >= 0.3 is 6.09 Å². The van der Waals surface area contributed by atoms with Gasteiger partial charge in [0.15, 0.2) is 0 Å². The van der Waals surface area contributed by atoms with E-state index in [-0.39, 0.29) is 34.1 Å². The van der Waals surface area contributed by atoms with E-state index in [0.29, 0.717) is 43.6 Å². The minimum atomic E-state index is -3.82. The van der Waals surface area contributed by atoms with Crippen molar-refractivity contribution < 1.29 is 22.5 Å². The zero-order valence-corrected chi connectivity index (χ0v) is 21.6. The van der Waals surface area contributed by atoms with Crippen LogP contribution in [0.5, 0.6) is 0 Å². The van der Waals surface area contributed by atoms with Gasteiger partial charge in [0.05, 0.1) is 16.6 Å². The molecule has 2 aliphatic rings. The Labute approximate surface area is 218 Å². The average Bonchev–Trinajstić information content (AvgIpc) is 3.44. The van der Waals surface area contributed by atoms with Crippen LogP contribution in [0.2, 0.25) is 10.0 Å². The van der Waals surface area contributed by atoms with Crippen molar-refractivity contribution in [2.75, 3.05) is 44.2 Å². The maximum Gasteiger partial charge on any atom is 0.414 e. The van der Waals surface area contributed by atoms with Gasteiger partial charge in [0, 0.05) is 50.9 Å². The number of rotatable bonds is 6. The number of ether oxygens (including phenoxy) is 1. The van der Waals surface area contributed by atoms with Crippen LogP contribution in [0, 0.1) is 6.92 Å². The molecule has 2 fully saturated rings. The first-order valence-electron chi connectivity index (χ1n) is 11.3. The molecule has 190 valence electrons. The first kappa shape index (κ1) is 25.0. The van der Waals surface area contributed by atoms with Gasteiger partial charge < -0.3 is 9.26 Å². The van der Waals surface area contributed by atoms with Gasteiger partial charge in [-0.25, -0.2) is 13.2 Å². The van der Waals surface area contributed by atoms with Crippen LogP contribution in [-0.4, -0.2) is 79.2 Å². The number of piperazine rings is 1. The van der Waals surface area contributed by atoms with Gasteiger partial charge in [-0.15, -0.1) is 0 Å². The van der Waals surface area contributed by atoms with E-state index in [4.69, 9.17) is 32.5 Å². The first-order chi connectivity index (χ1) is 17.2. The van der Waals surface area contributed by atoms with Crippen molar-refractivity contribution in [1.29, 1.82) is 0 Å². The molecule has 2 aliphatic heterocycles. The molecule has 1 atom stereocenters. The molecule has 2 saturated heterocycles. The molecule has 10 nitrogen and oxygen atoms in total. The summed E-state index contributed by atoms with van der Waals surface area (Å²) in [5.41, 5.74) is 1.49. The second-order valence-electron chi connectivity index (χ2n) is 8.56. The third-order valence-corrected chi connectivity index (χ3v) is 9.00. The van der Waals surface area contributed by atoms with Crippen LogP contribution in [0.3, 0.4) is 0 Å². The van der Waals surface area contributed by atoms with Gasteiger partial charge in [-0.05, 0) is 36.4 Å². The molecule has 1 unspecified atom stereocenters. The van der Waals surface area contributed by atoms with Gasteiger partial charge in [0.2, 0.25) is 21.7 Å². The fourth-order valence-corrected chi connectivity index (χ4v) is 6.85. The number of carbonyl (C=O) groups excluding carboxylic acids is 1. The highest BCUT2D eigenvalue weighted by Crippen LogP contribution is 2.32. The maximum atomic E-state index is 13.1. The lowest BCUT2D eigenvalue weighted by Crippen LogP contribution is -2.50. The number of hydrogen-bond donors (Lipinski definition) is 0. The molecule has 0 N–H and O–H groups in total. The number of halogens is 2. The smallest absolute Gasteiger partial charge is 0.414 e. The van der Waals surface area contributed by atoms with E-state index < -0.39 is 16.1 Å². The van der Waals surface area contributed by atoms with Crippen molar-refractivity contribution in [3.8, 4) is 11.4 Å². The fraction of sp³-hybridized carbons (Fsp3) is 0.348. The lowest BCUT2D eigenvalue weighted by Gasteiger charge is -2.34. The Balaban J connectivity index is 1.18. The van der Waals surface area contributed by atoms with Crippen LogP contribution in [0.1, 0.15) is 5.89 Å². The minimum absolute atomic E-state index is 0.0670. The van der Waals surface area contributed by atoms with Crippen molar-refractivity contribution in [2.45, 2.75) is 17.9 Å². The summed E-state index contributed by atoms with van der Waals surface area (Å²) >= 11 is 12.3. The van der Waals surface area contributed by atoms with Crippen LogP contribution in [0.4, 0.5) is 10.5 Å². The predicted octanol–water partition coefficient (Wildman–Crippen LogP) is 3.68. The molecule has 0 saturated carbocycles. The Kier molecular flexibility index (Phi) is 6.92. The summed E-state index contributed by atoms with van der Waals surface area (Å²) in [6, 6.07) is 11.9. The summed E-state index contributed by atoms with van der Waals surface area (Å²) in [6.07, 6.45) is -0.754. The van der Waals surface area contributed by atoms with Crippen molar-refractivity contribution in [3.63, 3.8) is 0 Å². The van der Waals surface area contributed by atoms with Crippen LogP contribution in [0.15, 0.2) is 51.9 Å². The number of aryl methyl sites for hydroxylation is 1. The number of sulfonamides is 1. The Morgan fingerprint density at radius 1 is 1.03 bits per heavy atom. The third-order valence-electron chi connectivity index (χ3n) is 6.15. The second-order valence-corrected chi connectivity index (χ2v) is 11.2. The Hall–Kier alpha value is -2.70. The van der Waals surface area contributed by atoms with Gasteiger partial charge in [0.25, 0.3) is 0 Å². The van der Waals surface area contributed by atoms with E-state index in [9.17, 15) is 13.2 Å². The van der Waals surface area contributed by atoms with Crippen LogP contribution >= 0.6 is 23.2 Å². The zero-order chi connectivity index (χ0) is 25.4. The molecular weight excluding hydrogens is 529 g/mol. The zero-order valence-electron chi connectivity index (χ0n) is 19.3. The first-order valence-corrected chi connectivity index (χ1v) is 13.5. The highest BCUT2D eigenvalue weighted by Gasteiger charge is 2.36. The number of nitrogens with zero attached hydrogens (tertiary/aromatic N) is 5. The summed E-state index contributed by atoms with van der Waals surface area (Å²) in [7, 11) is -3.82. The molecule has 0 spiro atoms. The molecule has 2 aromatic carbocycles. The van der Waals surface area contributed by atoms with Crippen LogP contribution in [-0.2, 0) is 14.8 Å². The largest absolute Gasteiger partial charge is 0.443 e. The summed E-state index contributed by atoms with van der Waals surface area (Å²) in [5.74, 6) is 0.963. The number of carbonyl (C=O) groups is 1. The Morgan fingerprint density at radius 3 is 2.31 bits per heavy atom. The molecule has 5 rings (SSSR count). The predicted molar refractivity (Wildman–Crippen MR) is 134 cm³/mol. The normalized spacial score (nSPS) is 19.6. The molecule has 36 heavy (non-hydrogen) atoms. The molecule has 1 aromatic heterocycles. The SMILES string of the molecule is Cc1nc(-c2ccc(N3CC(CN4CCN(S(=O)(=O)c5c(Cl)cccc5Cl)CC4)OC3=O)cc2)no1. The summed E-state index contributed by atoms with van der Waals surface area (Å²) < 4.78 is 38.2. The Morgan fingerprint density at radius 2 is 1.69 bits per heavy atom. The standard InChI is InChI=1S/C23H23Cl2N5O5S/c1-15-26-22(27-35-15)16-5-7-17(8-6-16)30-14-18(34-23(30)31)13-28-9-11-29(12-10-28)36(32,33)21-19(24)3-2-4-20(21)25/h2-8,18H,9-14H2,1H3. The van der Waals surface area contributed by atoms with Crippen molar-refractivity contribution in [2.24, 2.45) is 0 Å². The van der Waals surface area contributed by atoms with Crippen LogP contribution < -0.4 is 4.90 Å². The lowest BCUT2D eigenvalue weighted by atomic mass is 10.2. The molecule has 3 aromatic rings. The molecule has 0 bridgehead atoms. The van der Waals surface area contributed by atoms with Crippen LogP contribution in [0.25, 0.3) is 11.4 Å². The van der Waals surface area contributed by atoms with Gasteiger partial charge in [-0.3, -0.25) is 9.80 Å². The van der Waals surface area contributed by atoms with Gasteiger partial charge in [0.1, 0.15) is 11.0 Å². The number of anilines is 1. The summed E-state index contributed by atoms with van der Waals surface area (Å²) in [5, 5.41) is 4.10. The van der Waals surface area contributed by atoms with Crippen molar-refractivity contribution in [1.82, 2.24) is 19.3 Å². The van der Waals surface area contributed by atoms with Crippen molar-refractivity contribution >= 4 is 45.0 Å². The molecule has 1 amide bonds. The third kappa shape index (κ3) is 4.94. The van der Waals surface area contributed by atoms with E-state index in [1.165, 1.54) is 16.4 Å². The highest BCUT2D eigenvalue weighted by atomic mass is 35.5. The maximum absolute atomic E-state index is 13.1. The molecule has 0 aliphatic carbocycles. The van der Waals surface area contributed by atoms with E-state index >= 15 is 0 Å². The molecule has 3 heterocycles. The monoisotopic (exact) mass is 551 g/mol. The van der Waals surface area contributed by atoms with E-state index in [1.54, 1.807) is 17.9 Å². The van der Waals surface area contributed by atoms with E-state index in [1.807, 2.05) is 24.3 Å². The molecular formula is C23H23Cl2N5O5S. The van der Waals surface area contributed by atoms with Crippen molar-refractivity contribution in [3.05, 3.63) is 58.4 Å². The fourth-order valence-electron chi connectivity index (χ4n) is 4.33. The topological polar surface area (TPSA) is 109 Å². The molecule has 0 radical (unpaired) electrons. The second kappa shape index (κ2) is 9.98. The number of benzene rings is 2. The number of amides is 1. The number of hydrogen-bond acceptors (Lipinski definition) is 8. The Bertz CT molecular complexity index is 1350. The number of aromatic nitrogens is 2.